The predicted octanol–water partition coefficient (Wildman–Crippen LogP) is 4.72. The summed E-state index contributed by atoms with van der Waals surface area (Å²) in [5.41, 5.74) is 1.76. The Labute approximate surface area is 166 Å². The molecule has 3 aromatic heterocycles. The SMILES string of the molecule is CC(C)(C)OC(=O)n1nccc1-c1cn(-c2ccnc(Cl)n2)c2ccccc12. The zero-order valence-electron chi connectivity index (χ0n) is 15.6. The van der Waals surface area contributed by atoms with Gasteiger partial charge in [0.1, 0.15) is 11.4 Å². The largest absolute Gasteiger partial charge is 0.442 e. The van der Waals surface area contributed by atoms with Gasteiger partial charge in [0.2, 0.25) is 5.28 Å². The number of hydrogen-bond acceptors (Lipinski definition) is 5. The third-order valence-corrected chi connectivity index (χ3v) is 4.24. The first-order valence-corrected chi connectivity index (χ1v) is 9.08. The Morgan fingerprint density at radius 3 is 2.64 bits per heavy atom. The average Bonchev–Trinajstić information content (AvgIpc) is 3.25. The van der Waals surface area contributed by atoms with E-state index < -0.39 is 11.7 Å². The van der Waals surface area contributed by atoms with Crippen molar-refractivity contribution >= 4 is 28.6 Å². The minimum absolute atomic E-state index is 0.163. The molecule has 0 radical (unpaired) electrons. The number of carbonyl (C=O) groups is 1. The molecule has 0 unspecified atom stereocenters. The number of ether oxygens (including phenoxy) is 1. The molecule has 0 aliphatic heterocycles. The number of carbonyl (C=O) groups excluding carboxylic acids is 1. The van der Waals surface area contributed by atoms with Crippen molar-refractivity contribution in [1.82, 2.24) is 24.3 Å². The number of aromatic nitrogens is 5. The van der Waals surface area contributed by atoms with Gasteiger partial charge in [-0.15, -0.1) is 0 Å². The number of fused-ring (bicyclic) bond motifs is 1. The van der Waals surface area contributed by atoms with E-state index in [1.807, 2.05) is 55.8 Å². The molecule has 7 nitrogen and oxygen atoms in total. The van der Waals surface area contributed by atoms with Crippen LogP contribution in [-0.4, -0.2) is 36.0 Å². The Hall–Kier alpha value is -3.19. The lowest BCUT2D eigenvalue weighted by Gasteiger charge is -2.19. The predicted molar refractivity (Wildman–Crippen MR) is 107 cm³/mol. The maximum atomic E-state index is 12.6. The summed E-state index contributed by atoms with van der Waals surface area (Å²) in [5.74, 6) is 0.630. The van der Waals surface area contributed by atoms with Crippen LogP contribution in [0.3, 0.4) is 0 Å². The van der Waals surface area contributed by atoms with E-state index in [-0.39, 0.29) is 5.28 Å². The molecule has 8 heteroatoms. The zero-order chi connectivity index (χ0) is 19.9. The first-order valence-electron chi connectivity index (χ1n) is 8.70. The van der Waals surface area contributed by atoms with Gasteiger partial charge in [-0.25, -0.2) is 9.78 Å². The van der Waals surface area contributed by atoms with Crippen LogP contribution >= 0.6 is 11.6 Å². The third-order valence-electron chi connectivity index (χ3n) is 4.06. The molecule has 0 spiro atoms. The van der Waals surface area contributed by atoms with Gasteiger partial charge in [-0.2, -0.15) is 14.8 Å². The lowest BCUT2D eigenvalue weighted by Crippen LogP contribution is -2.28. The number of hydrogen-bond donors (Lipinski definition) is 0. The van der Waals surface area contributed by atoms with Gasteiger partial charge in [-0.1, -0.05) is 18.2 Å². The second-order valence-electron chi connectivity index (χ2n) is 7.22. The summed E-state index contributed by atoms with van der Waals surface area (Å²) in [6.45, 7) is 5.45. The number of nitrogens with zero attached hydrogens (tertiary/aromatic N) is 5. The van der Waals surface area contributed by atoms with Crippen LogP contribution < -0.4 is 0 Å². The summed E-state index contributed by atoms with van der Waals surface area (Å²) >= 11 is 5.97. The highest BCUT2D eigenvalue weighted by Crippen LogP contribution is 2.32. The Bertz CT molecular complexity index is 1170. The molecule has 0 N–H and O–H groups in total. The van der Waals surface area contributed by atoms with Crippen molar-refractivity contribution in [3.63, 3.8) is 0 Å². The van der Waals surface area contributed by atoms with Gasteiger partial charge in [-0.3, -0.25) is 0 Å². The molecule has 0 aliphatic carbocycles. The molecule has 3 heterocycles. The van der Waals surface area contributed by atoms with Gasteiger partial charge in [0.25, 0.3) is 0 Å². The molecule has 0 aliphatic rings. The molecule has 1 aromatic carbocycles. The summed E-state index contributed by atoms with van der Waals surface area (Å²) in [4.78, 5) is 20.8. The topological polar surface area (TPSA) is 74.8 Å². The van der Waals surface area contributed by atoms with Crippen molar-refractivity contribution in [2.75, 3.05) is 0 Å². The molecule has 142 valence electrons. The fourth-order valence-electron chi connectivity index (χ4n) is 2.99. The third kappa shape index (κ3) is 3.36. The molecule has 0 bridgehead atoms. The Morgan fingerprint density at radius 1 is 1.11 bits per heavy atom. The first kappa shape index (κ1) is 18.2. The Kier molecular flexibility index (Phi) is 4.39. The quantitative estimate of drug-likeness (QED) is 0.459. The zero-order valence-corrected chi connectivity index (χ0v) is 16.4. The Balaban J connectivity index is 1.88. The van der Waals surface area contributed by atoms with Crippen LogP contribution in [0, 0.1) is 0 Å². The van der Waals surface area contributed by atoms with Crippen molar-refractivity contribution in [3.8, 4) is 17.1 Å². The summed E-state index contributed by atoms with van der Waals surface area (Å²) in [7, 11) is 0. The first-order chi connectivity index (χ1) is 13.3. The monoisotopic (exact) mass is 395 g/mol. The average molecular weight is 396 g/mol. The van der Waals surface area contributed by atoms with Crippen LogP contribution in [0.1, 0.15) is 20.8 Å². The van der Waals surface area contributed by atoms with Gasteiger partial charge < -0.3 is 9.30 Å². The Morgan fingerprint density at radius 2 is 1.89 bits per heavy atom. The van der Waals surface area contributed by atoms with Crippen LogP contribution in [0.15, 0.2) is 55.0 Å². The fraction of sp³-hybridized carbons (Fsp3) is 0.200. The van der Waals surface area contributed by atoms with E-state index in [1.54, 1.807) is 24.5 Å². The highest BCUT2D eigenvalue weighted by Gasteiger charge is 2.23. The second kappa shape index (κ2) is 6.76. The van der Waals surface area contributed by atoms with E-state index in [0.29, 0.717) is 11.5 Å². The number of benzene rings is 1. The fourth-order valence-corrected chi connectivity index (χ4v) is 3.13. The number of halogens is 1. The van der Waals surface area contributed by atoms with Gasteiger partial charge in [0.05, 0.1) is 17.4 Å². The molecule has 0 fully saturated rings. The van der Waals surface area contributed by atoms with E-state index >= 15 is 0 Å². The van der Waals surface area contributed by atoms with E-state index in [0.717, 1.165) is 16.5 Å². The van der Waals surface area contributed by atoms with Crippen LogP contribution in [0.5, 0.6) is 0 Å². The molecule has 4 rings (SSSR count). The molecule has 0 amide bonds. The molecular weight excluding hydrogens is 378 g/mol. The van der Waals surface area contributed by atoms with E-state index in [2.05, 4.69) is 15.1 Å². The van der Waals surface area contributed by atoms with E-state index in [1.165, 1.54) is 4.68 Å². The van der Waals surface area contributed by atoms with Crippen molar-refractivity contribution in [2.24, 2.45) is 0 Å². The van der Waals surface area contributed by atoms with Crippen LogP contribution in [0.25, 0.3) is 28.0 Å². The summed E-state index contributed by atoms with van der Waals surface area (Å²) in [5, 5.41) is 5.28. The molecule has 0 atom stereocenters. The van der Waals surface area contributed by atoms with Crippen LogP contribution in [0.2, 0.25) is 5.28 Å². The second-order valence-corrected chi connectivity index (χ2v) is 7.56. The lowest BCUT2D eigenvalue weighted by molar-refractivity contribution is 0.0518. The summed E-state index contributed by atoms with van der Waals surface area (Å²) in [6.07, 6.45) is 4.55. The van der Waals surface area contributed by atoms with Crippen molar-refractivity contribution in [1.29, 1.82) is 0 Å². The molecular formula is C20H18ClN5O2. The van der Waals surface area contributed by atoms with Gasteiger partial charge in [0.15, 0.2) is 0 Å². The van der Waals surface area contributed by atoms with Crippen molar-refractivity contribution < 1.29 is 9.53 Å². The smallest absolute Gasteiger partial charge is 0.435 e. The van der Waals surface area contributed by atoms with E-state index in [4.69, 9.17) is 16.3 Å². The van der Waals surface area contributed by atoms with Gasteiger partial charge in [0, 0.05) is 23.3 Å². The minimum atomic E-state index is -0.619. The van der Waals surface area contributed by atoms with E-state index in [9.17, 15) is 4.79 Å². The maximum Gasteiger partial charge on any atom is 0.435 e. The molecule has 0 saturated carbocycles. The highest BCUT2D eigenvalue weighted by molar-refractivity contribution is 6.28. The normalized spacial score (nSPS) is 11.7. The van der Waals surface area contributed by atoms with Gasteiger partial charge in [-0.05, 0) is 50.6 Å². The number of rotatable bonds is 2. The minimum Gasteiger partial charge on any atom is -0.442 e. The lowest BCUT2D eigenvalue weighted by atomic mass is 10.1. The standard InChI is InChI=1S/C20H18ClN5O2/c1-20(2,3)28-19(27)26-16(8-11-23-26)14-12-25(15-7-5-4-6-13(14)15)17-9-10-22-18(21)24-17/h4-12H,1-3H3. The van der Waals surface area contributed by atoms with Crippen molar-refractivity contribution in [2.45, 2.75) is 26.4 Å². The van der Waals surface area contributed by atoms with Crippen molar-refractivity contribution in [3.05, 3.63) is 60.3 Å². The van der Waals surface area contributed by atoms with Crippen LogP contribution in [0.4, 0.5) is 4.79 Å². The molecule has 0 saturated heterocycles. The summed E-state index contributed by atoms with van der Waals surface area (Å²) < 4.78 is 8.66. The van der Waals surface area contributed by atoms with Gasteiger partial charge >= 0.3 is 6.09 Å². The maximum absolute atomic E-state index is 12.6. The molecule has 28 heavy (non-hydrogen) atoms. The van der Waals surface area contributed by atoms with Crippen LogP contribution in [-0.2, 0) is 4.74 Å². The highest BCUT2D eigenvalue weighted by atomic mass is 35.5. The number of para-hydroxylation sites is 1. The summed E-state index contributed by atoms with van der Waals surface area (Å²) in [6, 6.07) is 11.4. The molecule has 4 aromatic rings.